The van der Waals surface area contributed by atoms with Crippen LogP contribution < -0.4 is 5.32 Å². The summed E-state index contributed by atoms with van der Waals surface area (Å²) in [6.07, 6.45) is 18.6. The second kappa shape index (κ2) is 17.2. The third-order valence-electron chi connectivity index (χ3n) is 5.73. The van der Waals surface area contributed by atoms with Gasteiger partial charge in [-0.2, -0.15) is 0 Å². The summed E-state index contributed by atoms with van der Waals surface area (Å²) >= 11 is 1.77. The fourth-order valence-electron chi connectivity index (χ4n) is 3.92. The van der Waals surface area contributed by atoms with Crippen molar-refractivity contribution in [3.63, 3.8) is 0 Å². The maximum Gasteiger partial charge on any atom is 0.243 e. The normalized spacial score (nSPS) is 18.0. The summed E-state index contributed by atoms with van der Waals surface area (Å²) in [7, 11) is 5.44. The van der Waals surface area contributed by atoms with Gasteiger partial charge in [0.2, 0.25) is 11.8 Å². The summed E-state index contributed by atoms with van der Waals surface area (Å²) in [6, 6.07) is 0. The highest BCUT2D eigenvalue weighted by molar-refractivity contribution is 8.01. The van der Waals surface area contributed by atoms with E-state index in [0.717, 1.165) is 0 Å². The Morgan fingerprint density at radius 1 is 0.931 bits per heavy atom. The summed E-state index contributed by atoms with van der Waals surface area (Å²) in [6.45, 7) is 4.74. The Kier molecular flexibility index (Phi) is 15.8. The highest BCUT2D eigenvalue weighted by Crippen LogP contribution is 2.33. The summed E-state index contributed by atoms with van der Waals surface area (Å²) in [5.41, 5.74) is 0. The maximum absolute atomic E-state index is 12.7. The van der Waals surface area contributed by atoms with Gasteiger partial charge in [-0.05, 0) is 19.3 Å². The Morgan fingerprint density at radius 2 is 1.45 bits per heavy atom. The van der Waals surface area contributed by atoms with Crippen molar-refractivity contribution in [2.24, 2.45) is 0 Å². The van der Waals surface area contributed by atoms with Crippen LogP contribution in [-0.4, -0.2) is 48.2 Å². The maximum atomic E-state index is 12.7. The molecule has 166 valence electrons. The minimum atomic E-state index is -0.202. The van der Waals surface area contributed by atoms with Crippen LogP contribution in [0, 0.1) is 0 Å². The fraction of sp³-hybridized carbons (Fsp3) is 0.913. The SMILES string of the molecule is [B]CNCN1C(=O)CC(SC(CCCCCCC)CCCCCCCCC)C1=O. The first-order chi connectivity index (χ1) is 14.1. The average molecular weight is 422 g/mol. The van der Waals surface area contributed by atoms with Gasteiger partial charge in [0, 0.05) is 11.7 Å². The molecule has 0 aliphatic carbocycles. The van der Waals surface area contributed by atoms with Crippen LogP contribution in [0.2, 0.25) is 0 Å². The monoisotopic (exact) mass is 422 g/mol. The number of nitrogens with one attached hydrogen (secondary N) is 1. The number of likely N-dealkylation sites (tertiary alicyclic amines) is 1. The zero-order valence-corrected chi connectivity index (χ0v) is 19.7. The zero-order valence-electron chi connectivity index (χ0n) is 18.9. The number of rotatable bonds is 19. The number of unbranched alkanes of at least 4 members (excludes halogenated alkanes) is 10. The zero-order chi connectivity index (χ0) is 21.3. The molecule has 2 amide bonds. The minimum absolute atomic E-state index is 0.0310. The van der Waals surface area contributed by atoms with E-state index in [-0.39, 0.29) is 30.2 Å². The molecule has 29 heavy (non-hydrogen) atoms. The first kappa shape index (κ1) is 26.6. The molecular weight excluding hydrogens is 379 g/mol. The Bertz CT molecular complexity index is 451. The molecule has 1 saturated heterocycles. The van der Waals surface area contributed by atoms with Crippen LogP contribution in [0.4, 0.5) is 0 Å². The van der Waals surface area contributed by atoms with E-state index in [1.807, 2.05) is 0 Å². The van der Waals surface area contributed by atoms with Crippen LogP contribution in [0.5, 0.6) is 0 Å². The van der Waals surface area contributed by atoms with E-state index in [9.17, 15) is 9.59 Å². The highest BCUT2D eigenvalue weighted by atomic mass is 32.2. The van der Waals surface area contributed by atoms with Gasteiger partial charge in [0.15, 0.2) is 0 Å². The molecule has 1 N–H and O–H groups in total. The molecule has 1 aliphatic heterocycles. The van der Waals surface area contributed by atoms with Crippen LogP contribution in [0.1, 0.15) is 110 Å². The lowest BCUT2D eigenvalue weighted by Gasteiger charge is -2.20. The molecule has 2 atom stereocenters. The second-order valence-electron chi connectivity index (χ2n) is 8.34. The van der Waals surface area contributed by atoms with E-state index in [0.29, 0.717) is 11.7 Å². The van der Waals surface area contributed by atoms with E-state index in [1.54, 1.807) is 11.8 Å². The van der Waals surface area contributed by atoms with Crippen molar-refractivity contribution in [1.82, 2.24) is 10.2 Å². The van der Waals surface area contributed by atoms with Crippen molar-refractivity contribution in [2.75, 3.05) is 13.1 Å². The molecule has 1 fully saturated rings. The Balaban J connectivity index is 2.43. The second-order valence-corrected chi connectivity index (χ2v) is 9.84. The van der Waals surface area contributed by atoms with Crippen molar-refractivity contribution in [3.8, 4) is 0 Å². The Hall–Kier alpha value is -0.485. The summed E-state index contributed by atoms with van der Waals surface area (Å²) in [5, 5.41) is 3.19. The average Bonchev–Trinajstić information content (AvgIpc) is 2.97. The molecule has 0 bridgehead atoms. The molecule has 0 aromatic carbocycles. The van der Waals surface area contributed by atoms with E-state index in [1.165, 1.54) is 94.8 Å². The van der Waals surface area contributed by atoms with Crippen LogP contribution in [-0.2, 0) is 9.59 Å². The van der Waals surface area contributed by atoms with Gasteiger partial charge < -0.3 is 5.32 Å². The largest absolute Gasteiger partial charge is 0.308 e. The standard InChI is InChI=1S/C23H43BN2O2S/c1-3-5-7-9-10-12-14-16-20(15-13-11-8-6-4-2)29-21-17-22(27)26(23(21)28)19-25-18-24/h20-21,25H,3-19H2,1-2H3. The lowest BCUT2D eigenvalue weighted by Crippen LogP contribution is -2.39. The topological polar surface area (TPSA) is 49.4 Å². The molecule has 1 aliphatic rings. The fourth-order valence-corrected chi connectivity index (χ4v) is 5.47. The Morgan fingerprint density at radius 3 is 1.97 bits per heavy atom. The van der Waals surface area contributed by atoms with E-state index in [2.05, 4.69) is 19.2 Å². The quantitative estimate of drug-likeness (QED) is 0.172. The number of amides is 2. The molecule has 0 spiro atoms. The van der Waals surface area contributed by atoms with Crippen LogP contribution in [0.15, 0.2) is 0 Å². The predicted molar refractivity (Wildman–Crippen MR) is 126 cm³/mol. The van der Waals surface area contributed by atoms with Gasteiger partial charge in [-0.1, -0.05) is 90.9 Å². The summed E-state index contributed by atoms with van der Waals surface area (Å²) in [4.78, 5) is 26.2. The van der Waals surface area contributed by atoms with E-state index in [4.69, 9.17) is 7.85 Å². The van der Waals surface area contributed by atoms with Crippen molar-refractivity contribution >= 4 is 31.4 Å². The molecule has 4 nitrogen and oxygen atoms in total. The smallest absolute Gasteiger partial charge is 0.243 e. The molecule has 2 unspecified atom stereocenters. The van der Waals surface area contributed by atoms with Crippen molar-refractivity contribution in [2.45, 2.75) is 121 Å². The molecule has 6 heteroatoms. The van der Waals surface area contributed by atoms with Gasteiger partial charge in [-0.3, -0.25) is 14.5 Å². The minimum Gasteiger partial charge on any atom is -0.308 e. The lowest BCUT2D eigenvalue weighted by atomic mass is 10.0. The van der Waals surface area contributed by atoms with Gasteiger partial charge in [-0.25, -0.2) is 0 Å². The van der Waals surface area contributed by atoms with Crippen molar-refractivity contribution in [3.05, 3.63) is 0 Å². The predicted octanol–water partition coefficient (Wildman–Crippen LogP) is 5.39. The van der Waals surface area contributed by atoms with Gasteiger partial charge in [0.25, 0.3) is 0 Å². The van der Waals surface area contributed by atoms with E-state index >= 15 is 0 Å². The molecule has 2 radical (unpaired) electrons. The number of hydrogen-bond acceptors (Lipinski definition) is 4. The number of hydrogen-bond donors (Lipinski definition) is 1. The van der Waals surface area contributed by atoms with Crippen LogP contribution >= 0.6 is 11.8 Å². The number of carbonyl (C=O) groups excluding carboxylic acids is 2. The number of thioether (sulfide) groups is 1. The van der Waals surface area contributed by atoms with Gasteiger partial charge in [0.05, 0.1) is 19.8 Å². The highest BCUT2D eigenvalue weighted by Gasteiger charge is 2.39. The molecule has 0 aromatic heterocycles. The molecular formula is C23H43BN2O2S. The first-order valence-electron chi connectivity index (χ1n) is 12.0. The third kappa shape index (κ3) is 11.5. The molecule has 0 aromatic rings. The Labute approximate surface area is 185 Å². The van der Waals surface area contributed by atoms with Crippen LogP contribution in [0.25, 0.3) is 0 Å². The molecule has 1 heterocycles. The first-order valence-corrected chi connectivity index (χ1v) is 13.0. The summed E-state index contributed by atoms with van der Waals surface area (Å²) in [5.74, 6) is -0.0948. The number of imide groups is 1. The van der Waals surface area contributed by atoms with Gasteiger partial charge >= 0.3 is 0 Å². The van der Waals surface area contributed by atoms with Gasteiger partial charge in [-0.15, -0.1) is 11.8 Å². The third-order valence-corrected chi connectivity index (χ3v) is 7.29. The number of nitrogens with zero attached hydrogens (tertiary/aromatic N) is 1. The van der Waals surface area contributed by atoms with E-state index < -0.39 is 0 Å². The number of carbonyl (C=O) groups is 2. The van der Waals surface area contributed by atoms with Gasteiger partial charge in [0.1, 0.15) is 0 Å². The van der Waals surface area contributed by atoms with Crippen LogP contribution in [0.3, 0.4) is 0 Å². The molecule has 1 rings (SSSR count). The lowest BCUT2D eigenvalue weighted by molar-refractivity contribution is -0.138. The molecule has 0 saturated carbocycles. The van der Waals surface area contributed by atoms with Crippen molar-refractivity contribution < 1.29 is 9.59 Å². The summed E-state index contributed by atoms with van der Waals surface area (Å²) < 4.78 is 0. The van der Waals surface area contributed by atoms with Crippen molar-refractivity contribution in [1.29, 1.82) is 0 Å².